The Kier molecular flexibility index (Phi) is 4.69. The van der Waals surface area contributed by atoms with Crippen molar-refractivity contribution in [3.05, 3.63) is 44.9 Å². The average molecular weight is 385 g/mol. The molecule has 0 unspecified atom stereocenters. The van der Waals surface area contributed by atoms with Crippen LogP contribution in [0.1, 0.15) is 20.9 Å². The number of benzene rings is 1. The van der Waals surface area contributed by atoms with Crippen LogP contribution in [0.4, 0.5) is 13.2 Å². The van der Waals surface area contributed by atoms with Gasteiger partial charge in [0.15, 0.2) is 5.69 Å². The molecule has 2 rings (SSSR count). The van der Waals surface area contributed by atoms with Gasteiger partial charge in [0.1, 0.15) is 9.77 Å². The topological polar surface area (TPSA) is 76.1 Å². The van der Waals surface area contributed by atoms with Crippen molar-refractivity contribution in [2.75, 3.05) is 0 Å². The monoisotopic (exact) mass is 384 g/mol. The molecule has 0 spiro atoms. The minimum absolute atomic E-state index is 0.162. The molecule has 1 amide bonds. The maximum atomic E-state index is 12.7. The standard InChI is InChI=1S/C12H8ClF3N2O3S2/c1-6-2-3-7(13)8(4-6)23(20,21)18-11(19)9-10(12(14,15)16)22-5-17-9/h2-5H,1H3,(H,18,19). The Balaban J connectivity index is 2.37. The lowest BCUT2D eigenvalue weighted by Gasteiger charge is -2.10. The smallest absolute Gasteiger partial charge is 0.266 e. The second kappa shape index (κ2) is 6.10. The molecule has 1 aromatic heterocycles. The molecule has 1 heterocycles. The van der Waals surface area contributed by atoms with E-state index < -0.39 is 37.6 Å². The Morgan fingerprint density at radius 3 is 2.61 bits per heavy atom. The van der Waals surface area contributed by atoms with Gasteiger partial charge in [-0.1, -0.05) is 17.7 Å². The maximum absolute atomic E-state index is 12.7. The Hall–Kier alpha value is -1.65. The minimum atomic E-state index is -4.81. The second-order valence-corrected chi connectivity index (χ2v) is 7.31. The number of thiazole rings is 1. The summed E-state index contributed by atoms with van der Waals surface area (Å²) in [5, 5.41) is -0.162. The van der Waals surface area contributed by atoms with Crippen molar-refractivity contribution in [1.82, 2.24) is 9.71 Å². The summed E-state index contributed by atoms with van der Waals surface area (Å²) in [6, 6.07) is 4.05. The second-order valence-electron chi connectivity index (χ2n) is 4.40. The summed E-state index contributed by atoms with van der Waals surface area (Å²) < 4.78 is 64.1. The van der Waals surface area contributed by atoms with E-state index in [9.17, 15) is 26.4 Å². The zero-order chi connectivity index (χ0) is 17.4. The summed E-state index contributed by atoms with van der Waals surface area (Å²) >= 11 is 5.96. The van der Waals surface area contributed by atoms with Gasteiger partial charge in [-0.25, -0.2) is 18.1 Å². The van der Waals surface area contributed by atoms with Crippen LogP contribution in [0.3, 0.4) is 0 Å². The number of hydrogen-bond donors (Lipinski definition) is 1. The first-order valence-corrected chi connectivity index (χ1v) is 8.60. The molecular weight excluding hydrogens is 377 g/mol. The Morgan fingerprint density at radius 1 is 1.35 bits per heavy atom. The van der Waals surface area contributed by atoms with Crippen molar-refractivity contribution in [3.8, 4) is 0 Å². The van der Waals surface area contributed by atoms with Crippen molar-refractivity contribution in [1.29, 1.82) is 0 Å². The third kappa shape index (κ3) is 3.82. The summed E-state index contributed by atoms with van der Waals surface area (Å²) in [4.78, 5) is 13.5. The Labute approximate surface area is 138 Å². The number of amides is 1. The number of halogens is 4. The fraction of sp³-hybridized carbons (Fsp3) is 0.167. The summed E-state index contributed by atoms with van der Waals surface area (Å²) in [7, 11) is -4.44. The molecule has 124 valence electrons. The number of alkyl halides is 3. The number of sulfonamides is 1. The van der Waals surface area contributed by atoms with Gasteiger partial charge in [-0.2, -0.15) is 13.2 Å². The lowest BCUT2D eigenvalue weighted by atomic mass is 10.2. The largest absolute Gasteiger partial charge is 0.427 e. The van der Waals surface area contributed by atoms with E-state index >= 15 is 0 Å². The first-order chi connectivity index (χ1) is 10.5. The number of carbonyl (C=O) groups excluding carboxylic acids is 1. The highest BCUT2D eigenvalue weighted by atomic mass is 35.5. The highest BCUT2D eigenvalue weighted by Gasteiger charge is 2.39. The van der Waals surface area contributed by atoms with E-state index in [1.807, 2.05) is 0 Å². The molecule has 1 N–H and O–H groups in total. The normalized spacial score (nSPS) is 12.2. The molecule has 0 fully saturated rings. The van der Waals surface area contributed by atoms with E-state index in [0.717, 1.165) is 5.51 Å². The molecule has 23 heavy (non-hydrogen) atoms. The average Bonchev–Trinajstić information content (AvgIpc) is 2.90. The first kappa shape index (κ1) is 17.7. The lowest BCUT2D eigenvalue weighted by Crippen LogP contribution is -2.32. The molecule has 0 radical (unpaired) electrons. The quantitative estimate of drug-likeness (QED) is 0.881. The molecule has 0 bridgehead atoms. The molecule has 0 atom stereocenters. The number of hydrogen-bond acceptors (Lipinski definition) is 5. The number of aromatic nitrogens is 1. The van der Waals surface area contributed by atoms with Crippen LogP contribution in [0.25, 0.3) is 0 Å². The van der Waals surface area contributed by atoms with Crippen LogP contribution >= 0.6 is 22.9 Å². The molecule has 0 saturated heterocycles. The Morgan fingerprint density at radius 2 is 2.00 bits per heavy atom. The number of nitrogens with zero attached hydrogens (tertiary/aromatic N) is 1. The van der Waals surface area contributed by atoms with Crippen LogP contribution in [-0.4, -0.2) is 19.3 Å². The number of nitrogens with one attached hydrogen (secondary N) is 1. The van der Waals surface area contributed by atoms with E-state index in [1.165, 1.54) is 12.1 Å². The van der Waals surface area contributed by atoms with E-state index in [-0.39, 0.29) is 16.4 Å². The van der Waals surface area contributed by atoms with E-state index in [2.05, 4.69) is 4.98 Å². The van der Waals surface area contributed by atoms with Gasteiger partial charge in [-0.05, 0) is 24.6 Å². The molecule has 0 aliphatic carbocycles. The van der Waals surface area contributed by atoms with Crippen LogP contribution < -0.4 is 4.72 Å². The third-order valence-corrected chi connectivity index (χ3v) is 5.33. The fourth-order valence-electron chi connectivity index (χ4n) is 1.65. The maximum Gasteiger partial charge on any atom is 0.427 e. The van der Waals surface area contributed by atoms with Crippen molar-refractivity contribution < 1.29 is 26.4 Å². The summed E-state index contributed by atoms with van der Waals surface area (Å²) in [6.45, 7) is 1.60. The number of rotatable bonds is 3. The van der Waals surface area contributed by atoms with Gasteiger partial charge in [-0.3, -0.25) is 4.79 Å². The predicted molar refractivity (Wildman–Crippen MR) is 78.0 cm³/mol. The molecule has 2 aromatic rings. The van der Waals surface area contributed by atoms with Crippen LogP contribution in [0.2, 0.25) is 5.02 Å². The SMILES string of the molecule is Cc1ccc(Cl)c(S(=O)(=O)NC(=O)c2ncsc2C(F)(F)F)c1. The van der Waals surface area contributed by atoms with Gasteiger partial charge in [0.05, 0.1) is 10.5 Å². The van der Waals surface area contributed by atoms with E-state index in [1.54, 1.807) is 17.7 Å². The molecule has 0 saturated carbocycles. The van der Waals surface area contributed by atoms with E-state index in [4.69, 9.17) is 11.6 Å². The molecule has 1 aromatic carbocycles. The van der Waals surface area contributed by atoms with Crippen molar-refractivity contribution in [2.24, 2.45) is 0 Å². The molecule has 0 aliphatic heterocycles. The van der Waals surface area contributed by atoms with Crippen LogP contribution in [0, 0.1) is 6.92 Å². The van der Waals surface area contributed by atoms with Gasteiger partial charge in [-0.15, -0.1) is 11.3 Å². The van der Waals surface area contributed by atoms with Gasteiger partial charge in [0.25, 0.3) is 15.9 Å². The summed E-state index contributed by atoms with van der Waals surface area (Å²) in [5.74, 6) is -1.48. The minimum Gasteiger partial charge on any atom is -0.266 e. The lowest BCUT2D eigenvalue weighted by molar-refractivity contribution is -0.134. The molecule has 5 nitrogen and oxygen atoms in total. The predicted octanol–water partition coefficient (Wildman–Crippen LogP) is 3.24. The highest BCUT2D eigenvalue weighted by Crippen LogP contribution is 2.34. The van der Waals surface area contributed by atoms with Gasteiger partial charge in [0, 0.05) is 0 Å². The molecular formula is C12H8ClF3N2O3S2. The highest BCUT2D eigenvalue weighted by molar-refractivity contribution is 7.90. The van der Waals surface area contributed by atoms with E-state index in [0.29, 0.717) is 5.56 Å². The zero-order valence-electron chi connectivity index (χ0n) is 11.3. The van der Waals surface area contributed by atoms with Crippen LogP contribution in [-0.2, 0) is 16.2 Å². The van der Waals surface area contributed by atoms with Gasteiger partial charge < -0.3 is 0 Å². The van der Waals surface area contributed by atoms with Crippen molar-refractivity contribution in [3.63, 3.8) is 0 Å². The van der Waals surface area contributed by atoms with Crippen LogP contribution in [0.15, 0.2) is 28.6 Å². The summed E-state index contributed by atoms with van der Waals surface area (Å²) in [6.07, 6.45) is -4.81. The summed E-state index contributed by atoms with van der Waals surface area (Å²) in [5.41, 5.74) is 0.353. The third-order valence-electron chi connectivity index (χ3n) is 2.64. The van der Waals surface area contributed by atoms with Gasteiger partial charge in [0.2, 0.25) is 0 Å². The van der Waals surface area contributed by atoms with Crippen molar-refractivity contribution in [2.45, 2.75) is 18.0 Å². The number of aryl methyl sites for hydroxylation is 1. The van der Waals surface area contributed by atoms with Crippen molar-refractivity contribution >= 4 is 38.9 Å². The molecule has 11 heteroatoms. The first-order valence-electron chi connectivity index (χ1n) is 5.86. The Bertz CT molecular complexity index is 863. The van der Waals surface area contributed by atoms with Gasteiger partial charge >= 0.3 is 6.18 Å². The molecule has 0 aliphatic rings. The fourth-order valence-corrected chi connectivity index (χ4v) is 3.84. The number of carbonyl (C=O) groups is 1. The van der Waals surface area contributed by atoms with Crippen LogP contribution in [0.5, 0.6) is 0 Å². The zero-order valence-corrected chi connectivity index (χ0v) is 13.7.